The standard InChI is InChI=1S/C16H22N4O3/c1-12(14-10-13(22-2)4-5-15(14)23-3)19-16(21)18-7-9-20-8-6-17-11-20/h4-6,8,10-12H,7,9H2,1-3H3,(H2,18,19,21)/t12-/m1/s1. The lowest BCUT2D eigenvalue weighted by Gasteiger charge is -2.18. The van der Waals surface area contributed by atoms with Crippen molar-refractivity contribution in [3.05, 3.63) is 42.5 Å². The molecule has 23 heavy (non-hydrogen) atoms. The van der Waals surface area contributed by atoms with Gasteiger partial charge < -0.3 is 24.7 Å². The first-order valence-electron chi connectivity index (χ1n) is 7.36. The molecule has 1 aromatic carbocycles. The van der Waals surface area contributed by atoms with Crippen LogP contribution in [0.4, 0.5) is 4.79 Å². The van der Waals surface area contributed by atoms with Gasteiger partial charge in [-0.05, 0) is 25.1 Å². The van der Waals surface area contributed by atoms with Crippen molar-refractivity contribution in [2.24, 2.45) is 0 Å². The Labute approximate surface area is 135 Å². The molecule has 7 heteroatoms. The molecule has 1 aromatic heterocycles. The average molecular weight is 318 g/mol. The van der Waals surface area contributed by atoms with Crippen molar-refractivity contribution in [1.29, 1.82) is 0 Å². The fourth-order valence-electron chi connectivity index (χ4n) is 2.22. The predicted molar refractivity (Wildman–Crippen MR) is 86.7 cm³/mol. The molecule has 2 rings (SSSR count). The van der Waals surface area contributed by atoms with Gasteiger partial charge in [0.2, 0.25) is 0 Å². The molecular formula is C16H22N4O3. The molecule has 1 heterocycles. The van der Waals surface area contributed by atoms with Gasteiger partial charge in [-0.15, -0.1) is 0 Å². The molecule has 0 unspecified atom stereocenters. The van der Waals surface area contributed by atoms with Gasteiger partial charge >= 0.3 is 6.03 Å². The number of carbonyl (C=O) groups is 1. The van der Waals surface area contributed by atoms with Crippen molar-refractivity contribution < 1.29 is 14.3 Å². The van der Waals surface area contributed by atoms with Crippen LogP contribution in [0.25, 0.3) is 0 Å². The highest BCUT2D eigenvalue weighted by Crippen LogP contribution is 2.29. The summed E-state index contributed by atoms with van der Waals surface area (Å²) in [5, 5.41) is 5.71. The van der Waals surface area contributed by atoms with Crippen LogP contribution in [0.15, 0.2) is 36.9 Å². The van der Waals surface area contributed by atoms with Gasteiger partial charge in [0.05, 0.1) is 26.6 Å². The first kappa shape index (κ1) is 16.7. The number of rotatable bonds is 7. The minimum absolute atomic E-state index is 0.215. The van der Waals surface area contributed by atoms with E-state index in [4.69, 9.17) is 9.47 Å². The number of methoxy groups -OCH3 is 2. The SMILES string of the molecule is COc1ccc(OC)c([C@@H](C)NC(=O)NCCn2ccnc2)c1. The van der Waals surface area contributed by atoms with Gasteiger partial charge in [-0.25, -0.2) is 9.78 Å². The van der Waals surface area contributed by atoms with E-state index in [1.54, 1.807) is 26.7 Å². The fourth-order valence-corrected chi connectivity index (χ4v) is 2.22. The smallest absolute Gasteiger partial charge is 0.315 e. The van der Waals surface area contributed by atoms with Crippen molar-refractivity contribution in [3.8, 4) is 11.5 Å². The van der Waals surface area contributed by atoms with Crippen LogP contribution in [0.1, 0.15) is 18.5 Å². The molecule has 7 nitrogen and oxygen atoms in total. The van der Waals surface area contributed by atoms with Gasteiger partial charge in [0, 0.05) is 31.0 Å². The fraction of sp³-hybridized carbons (Fsp3) is 0.375. The van der Waals surface area contributed by atoms with Crippen molar-refractivity contribution in [2.45, 2.75) is 19.5 Å². The molecule has 2 aromatic rings. The van der Waals surface area contributed by atoms with E-state index in [2.05, 4.69) is 15.6 Å². The summed E-state index contributed by atoms with van der Waals surface area (Å²) in [6.45, 7) is 3.08. The van der Waals surface area contributed by atoms with Crippen LogP contribution in [0, 0.1) is 0 Å². The molecule has 0 spiro atoms. The Kier molecular flexibility index (Phi) is 5.85. The highest BCUT2D eigenvalue weighted by Gasteiger charge is 2.15. The number of imidazole rings is 1. The molecule has 2 N–H and O–H groups in total. The number of hydrogen-bond acceptors (Lipinski definition) is 4. The van der Waals surface area contributed by atoms with Crippen molar-refractivity contribution in [1.82, 2.24) is 20.2 Å². The zero-order valence-electron chi connectivity index (χ0n) is 13.6. The third kappa shape index (κ3) is 4.64. The molecule has 0 radical (unpaired) electrons. The van der Waals surface area contributed by atoms with Crippen LogP contribution in [0.5, 0.6) is 11.5 Å². The van der Waals surface area contributed by atoms with E-state index in [0.717, 1.165) is 11.3 Å². The third-order valence-electron chi connectivity index (χ3n) is 3.47. The number of nitrogens with zero attached hydrogens (tertiary/aromatic N) is 2. The van der Waals surface area contributed by atoms with Crippen LogP contribution >= 0.6 is 0 Å². The molecule has 124 valence electrons. The van der Waals surface area contributed by atoms with Gasteiger partial charge in [-0.3, -0.25) is 0 Å². The highest BCUT2D eigenvalue weighted by molar-refractivity contribution is 5.74. The molecule has 0 aliphatic rings. The summed E-state index contributed by atoms with van der Waals surface area (Å²) >= 11 is 0. The maximum Gasteiger partial charge on any atom is 0.315 e. The summed E-state index contributed by atoms with van der Waals surface area (Å²) in [5.74, 6) is 1.42. The zero-order valence-corrected chi connectivity index (χ0v) is 13.6. The topological polar surface area (TPSA) is 77.4 Å². The van der Waals surface area contributed by atoms with E-state index in [1.807, 2.05) is 35.9 Å². The van der Waals surface area contributed by atoms with Gasteiger partial charge in [0.1, 0.15) is 11.5 Å². The Morgan fingerprint density at radius 3 is 2.83 bits per heavy atom. The largest absolute Gasteiger partial charge is 0.497 e. The van der Waals surface area contributed by atoms with Crippen LogP contribution in [0.3, 0.4) is 0 Å². The average Bonchev–Trinajstić information content (AvgIpc) is 3.07. The Hall–Kier alpha value is -2.70. The van der Waals surface area contributed by atoms with E-state index in [1.165, 1.54) is 0 Å². The number of amides is 2. The van der Waals surface area contributed by atoms with Crippen molar-refractivity contribution >= 4 is 6.03 Å². The van der Waals surface area contributed by atoms with Gasteiger partial charge in [-0.1, -0.05) is 0 Å². The summed E-state index contributed by atoms with van der Waals surface area (Å²) in [6.07, 6.45) is 5.27. The zero-order chi connectivity index (χ0) is 16.7. The quantitative estimate of drug-likeness (QED) is 0.818. The maximum absolute atomic E-state index is 12.0. The second kappa shape index (κ2) is 8.07. The first-order valence-corrected chi connectivity index (χ1v) is 7.36. The summed E-state index contributed by atoms with van der Waals surface area (Å²) in [5.41, 5.74) is 0.858. The van der Waals surface area contributed by atoms with E-state index in [9.17, 15) is 4.79 Å². The minimum Gasteiger partial charge on any atom is -0.497 e. The monoisotopic (exact) mass is 318 g/mol. The lowest BCUT2D eigenvalue weighted by Crippen LogP contribution is -2.38. The maximum atomic E-state index is 12.0. The summed E-state index contributed by atoms with van der Waals surface area (Å²) in [6, 6.07) is 5.05. The molecular weight excluding hydrogens is 296 g/mol. The summed E-state index contributed by atoms with van der Waals surface area (Å²) in [4.78, 5) is 15.9. The molecule has 1 atom stereocenters. The minimum atomic E-state index is -0.234. The molecule has 0 saturated carbocycles. The number of hydrogen-bond donors (Lipinski definition) is 2. The summed E-state index contributed by atoms with van der Waals surface area (Å²) < 4.78 is 12.5. The summed E-state index contributed by atoms with van der Waals surface area (Å²) in [7, 11) is 3.20. The Balaban J connectivity index is 1.90. The number of nitrogens with one attached hydrogen (secondary N) is 2. The third-order valence-corrected chi connectivity index (χ3v) is 3.47. The van der Waals surface area contributed by atoms with E-state index < -0.39 is 0 Å². The number of aromatic nitrogens is 2. The van der Waals surface area contributed by atoms with E-state index >= 15 is 0 Å². The van der Waals surface area contributed by atoms with Crippen LogP contribution in [-0.4, -0.2) is 36.3 Å². The van der Waals surface area contributed by atoms with Gasteiger partial charge in [0.15, 0.2) is 0 Å². The Morgan fingerprint density at radius 1 is 1.35 bits per heavy atom. The molecule has 2 amide bonds. The molecule has 0 fully saturated rings. The number of benzene rings is 1. The molecule has 0 aliphatic heterocycles. The van der Waals surface area contributed by atoms with Crippen LogP contribution in [0.2, 0.25) is 0 Å². The van der Waals surface area contributed by atoms with Crippen molar-refractivity contribution in [2.75, 3.05) is 20.8 Å². The van der Waals surface area contributed by atoms with E-state index in [-0.39, 0.29) is 12.1 Å². The number of carbonyl (C=O) groups excluding carboxylic acids is 1. The van der Waals surface area contributed by atoms with E-state index in [0.29, 0.717) is 18.8 Å². The predicted octanol–water partition coefficient (Wildman–Crippen LogP) is 1.96. The highest BCUT2D eigenvalue weighted by atomic mass is 16.5. The van der Waals surface area contributed by atoms with Crippen LogP contribution in [-0.2, 0) is 6.54 Å². The van der Waals surface area contributed by atoms with Crippen molar-refractivity contribution in [3.63, 3.8) is 0 Å². The Morgan fingerprint density at radius 2 is 2.17 bits per heavy atom. The Bertz CT molecular complexity index is 628. The second-order valence-corrected chi connectivity index (χ2v) is 5.03. The molecule has 0 aliphatic carbocycles. The van der Waals surface area contributed by atoms with Gasteiger partial charge in [0.25, 0.3) is 0 Å². The lowest BCUT2D eigenvalue weighted by molar-refractivity contribution is 0.237. The van der Waals surface area contributed by atoms with Crippen LogP contribution < -0.4 is 20.1 Å². The first-order chi connectivity index (χ1) is 11.1. The van der Waals surface area contributed by atoms with Gasteiger partial charge in [-0.2, -0.15) is 0 Å². The number of ether oxygens (including phenoxy) is 2. The molecule has 0 bridgehead atoms. The lowest BCUT2D eigenvalue weighted by atomic mass is 10.1. The normalized spacial score (nSPS) is 11.6. The second-order valence-electron chi connectivity index (χ2n) is 5.03. The molecule has 0 saturated heterocycles. The number of urea groups is 1.